The zero-order valence-electron chi connectivity index (χ0n) is 11.8. The first-order valence-corrected chi connectivity index (χ1v) is 6.75. The highest BCUT2D eigenvalue weighted by Crippen LogP contribution is 2.28. The Morgan fingerprint density at radius 1 is 1.33 bits per heavy atom. The van der Waals surface area contributed by atoms with Crippen molar-refractivity contribution in [2.24, 2.45) is 0 Å². The van der Waals surface area contributed by atoms with Crippen LogP contribution in [0.2, 0.25) is 0 Å². The molecule has 0 aromatic heterocycles. The van der Waals surface area contributed by atoms with Crippen LogP contribution in [0, 0.1) is 10.1 Å². The number of carbonyl (C=O) groups excluding carboxylic acids is 1. The molecule has 21 heavy (non-hydrogen) atoms. The normalized spacial score (nSPS) is 15.3. The predicted molar refractivity (Wildman–Crippen MR) is 77.2 cm³/mol. The lowest BCUT2D eigenvalue weighted by atomic mass is 10.2. The zero-order chi connectivity index (χ0) is 15.2. The van der Waals surface area contributed by atoms with Gasteiger partial charge in [0.2, 0.25) is 0 Å². The van der Waals surface area contributed by atoms with Gasteiger partial charge in [-0.25, -0.2) is 9.80 Å². The predicted octanol–water partition coefficient (Wildman–Crippen LogP) is 2.13. The van der Waals surface area contributed by atoms with E-state index in [1.54, 1.807) is 6.07 Å². The van der Waals surface area contributed by atoms with E-state index in [9.17, 15) is 14.9 Å². The van der Waals surface area contributed by atoms with Gasteiger partial charge in [-0.1, -0.05) is 6.42 Å². The van der Waals surface area contributed by atoms with E-state index in [2.05, 4.69) is 10.7 Å². The molecule has 0 saturated carbocycles. The first-order chi connectivity index (χ1) is 10.1. The second-order valence-corrected chi connectivity index (χ2v) is 4.75. The third-order valence-electron chi connectivity index (χ3n) is 3.27. The highest BCUT2D eigenvalue weighted by molar-refractivity contribution is 5.91. The largest absolute Gasteiger partial charge is 0.496 e. The molecule has 2 amide bonds. The lowest BCUT2D eigenvalue weighted by Gasteiger charge is -2.26. The van der Waals surface area contributed by atoms with Gasteiger partial charge in [-0.2, -0.15) is 0 Å². The molecule has 0 unspecified atom stereocenters. The topological polar surface area (TPSA) is 96.7 Å². The third kappa shape index (κ3) is 4.06. The molecule has 0 bridgehead atoms. The maximum Gasteiger partial charge on any atom is 0.333 e. The minimum absolute atomic E-state index is 0.135. The zero-order valence-corrected chi connectivity index (χ0v) is 11.8. The number of carbonyl (C=O) groups is 1. The third-order valence-corrected chi connectivity index (χ3v) is 3.27. The number of benzene rings is 1. The molecule has 8 nitrogen and oxygen atoms in total. The van der Waals surface area contributed by atoms with Crippen molar-refractivity contribution in [2.45, 2.75) is 19.3 Å². The molecule has 0 aliphatic carbocycles. The van der Waals surface area contributed by atoms with Crippen LogP contribution in [0.3, 0.4) is 0 Å². The van der Waals surface area contributed by atoms with Crippen molar-refractivity contribution >= 4 is 17.4 Å². The van der Waals surface area contributed by atoms with Gasteiger partial charge in [-0.15, -0.1) is 0 Å². The van der Waals surface area contributed by atoms with Crippen molar-refractivity contribution in [2.75, 3.05) is 25.5 Å². The minimum atomic E-state index is -0.557. The number of ether oxygens (including phenoxy) is 1. The molecular formula is C13H18N4O4. The van der Waals surface area contributed by atoms with Crippen LogP contribution in [0.25, 0.3) is 0 Å². The molecule has 1 heterocycles. The van der Waals surface area contributed by atoms with Gasteiger partial charge in [0.15, 0.2) is 0 Å². The number of rotatable bonds is 4. The average molecular weight is 294 g/mol. The molecular weight excluding hydrogens is 276 g/mol. The Labute approximate surface area is 122 Å². The van der Waals surface area contributed by atoms with Crippen LogP contribution in [0.15, 0.2) is 18.2 Å². The standard InChI is InChI=1S/C13H18N4O4/c1-21-10-5-6-11(12(9-10)17(19)20)14-13(18)15-16-7-3-2-4-8-16/h5-6,9H,2-4,7-8H2,1H3,(H2,14,15,18). The van der Waals surface area contributed by atoms with Gasteiger partial charge in [-0.3, -0.25) is 15.5 Å². The fraction of sp³-hybridized carbons (Fsp3) is 0.462. The molecule has 114 valence electrons. The van der Waals surface area contributed by atoms with E-state index >= 15 is 0 Å². The van der Waals surface area contributed by atoms with Gasteiger partial charge in [0.05, 0.1) is 18.1 Å². The maximum absolute atomic E-state index is 11.9. The van der Waals surface area contributed by atoms with Crippen molar-refractivity contribution in [1.29, 1.82) is 0 Å². The summed E-state index contributed by atoms with van der Waals surface area (Å²) in [6, 6.07) is 3.80. The van der Waals surface area contributed by atoms with Crippen LogP contribution in [-0.4, -0.2) is 36.2 Å². The Morgan fingerprint density at radius 2 is 2.05 bits per heavy atom. The first-order valence-electron chi connectivity index (χ1n) is 6.75. The minimum Gasteiger partial charge on any atom is -0.496 e. The van der Waals surface area contributed by atoms with E-state index in [0.717, 1.165) is 32.4 Å². The second kappa shape index (κ2) is 6.89. The van der Waals surface area contributed by atoms with Crippen molar-refractivity contribution < 1.29 is 14.5 Å². The average Bonchev–Trinajstić information content (AvgIpc) is 2.48. The molecule has 0 radical (unpaired) electrons. The summed E-state index contributed by atoms with van der Waals surface area (Å²) in [4.78, 5) is 22.4. The molecule has 1 saturated heterocycles. The molecule has 2 rings (SSSR count). The van der Waals surface area contributed by atoms with Gasteiger partial charge in [0.25, 0.3) is 5.69 Å². The summed E-state index contributed by atoms with van der Waals surface area (Å²) in [7, 11) is 1.43. The summed E-state index contributed by atoms with van der Waals surface area (Å²) in [5.74, 6) is 0.365. The summed E-state index contributed by atoms with van der Waals surface area (Å²) in [6.45, 7) is 1.58. The summed E-state index contributed by atoms with van der Waals surface area (Å²) in [5, 5.41) is 15.3. The number of nitrogens with zero attached hydrogens (tertiary/aromatic N) is 2. The van der Waals surface area contributed by atoms with Crippen molar-refractivity contribution in [1.82, 2.24) is 10.4 Å². The molecule has 1 aliphatic heterocycles. The van der Waals surface area contributed by atoms with Crippen molar-refractivity contribution in [3.8, 4) is 5.75 Å². The number of nitro benzene ring substituents is 1. The number of urea groups is 1. The van der Waals surface area contributed by atoms with E-state index in [1.807, 2.05) is 5.01 Å². The highest BCUT2D eigenvalue weighted by Gasteiger charge is 2.18. The van der Waals surface area contributed by atoms with E-state index in [4.69, 9.17) is 4.74 Å². The van der Waals surface area contributed by atoms with E-state index < -0.39 is 11.0 Å². The smallest absolute Gasteiger partial charge is 0.333 e. The van der Waals surface area contributed by atoms with E-state index in [1.165, 1.54) is 19.2 Å². The number of hydrogen-bond acceptors (Lipinski definition) is 5. The van der Waals surface area contributed by atoms with Crippen molar-refractivity contribution in [3.63, 3.8) is 0 Å². The maximum atomic E-state index is 11.9. The lowest BCUT2D eigenvalue weighted by molar-refractivity contribution is -0.384. The van der Waals surface area contributed by atoms with Crippen LogP contribution in [0.5, 0.6) is 5.75 Å². The Kier molecular flexibility index (Phi) is 4.94. The first kappa shape index (κ1) is 15.0. The van der Waals surface area contributed by atoms with Gasteiger partial charge in [0.1, 0.15) is 11.4 Å². The number of piperidine rings is 1. The molecule has 8 heteroatoms. The summed E-state index contributed by atoms with van der Waals surface area (Å²) >= 11 is 0. The van der Waals surface area contributed by atoms with E-state index in [0.29, 0.717) is 5.75 Å². The fourth-order valence-electron chi connectivity index (χ4n) is 2.19. The van der Waals surface area contributed by atoms with Gasteiger partial charge in [-0.05, 0) is 25.0 Å². The summed E-state index contributed by atoms with van der Waals surface area (Å²) in [6.07, 6.45) is 3.22. The van der Waals surface area contributed by atoms with Gasteiger partial charge >= 0.3 is 6.03 Å². The van der Waals surface area contributed by atoms with Gasteiger partial charge < -0.3 is 10.1 Å². The Balaban J connectivity index is 2.04. The molecule has 1 aromatic carbocycles. The Hall–Kier alpha value is -2.35. The molecule has 2 N–H and O–H groups in total. The van der Waals surface area contributed by atoms with Crippen LogP contribution in [0.1, 0.15) is 19.3 Å². The summed E-state index contributed by atoms with van der Waals surface area (Å²) in [5.41, 5.74) is 2.62. The number of amides is 2. The molecule has 0 atom stereocenters. The van der Waals surface area contributed by atoms with Crippen LogP contribution < -0.4 is 15.5 Å². The Morgan fingerprint density at radius 3 is 2.67 bits per heavy atom. The molecule has 1 aliphatic rings. The van der Waals surface area contributed by atoms with Crippen LogP contribution in [-0.2, 0) is 0 Å². The second-order valence-electron chi connectivity index (χ2n) is 4.75. The SMILES string of the molecule is COc1ccc(NC(=O)NN2CCCCC2)c([N+](=O)[O-])c1. The van der Waals surface area contributed by atoms with Crippen LogP contribution >= 0.6 is 0 Å². The number of nitro groups is 1. The number of hydrazine groups is 1. The number of methoxy groups -OCH3 is 1. The summed E-state index contributed by atoms with van der Waals surface area (Å²) < 4.78 is 4.95. The number of nitrogens with one attached hydrogen (secondary N) is 2. The van der Waals surface area contributed by atoms with Gasteiger partial charge in [0, 0.05) is 13.1 Å². The highest BCUT2D eigenvalue weighted by atomic mass is 16.6. The monoisotopic (exact) mass is 294 g/mol. The Bertz CT molecular complexity index is 529. The van der Waals surface area contributed by atoms with Crippen molar-refractivity contribution in [3.05, 3.63) is 28.3 Å². The van der Waals surface area contributed by atoms with E-state index in [-0.39, 0.29) is 11.4 Å². The molecule has 1 fully saturated rings. The molecule has 0 spiro atoms. The van der Waals surface area contributed by atoms with Crippen LogP contribution in [0.4, 0.5) is 16.2 Å². The fourth-order valence-corrected chi connectivity index (χ4v) is 2.19. The lowest BCUT2D eigenvalue weighted by Crippen LogP contribution is -2.46. The number of hydrogen-bond donors (Lipinski definition) is 2. The molecule has 1 aromatic rings. The number of anilines is 1. The quantitative estimate of drug-likeness (QED) is 0.655.